The second-order valence-electron chi connectivity index (χ2n) is 3.62. The summed E-state index contributed by atoms with van der Waals surface area (Å²) in [7, 11) is 0. The molecular weight excluding hydrogens is 194 g/mol. The van der Waals surface area contributed by atoms with Crippen LogP contribution < -0.4 is 0 Å². The molecular formula is C11H11NO3. The Morgan fingerprint density at radius 3 is 2.87 bits per heavy atom. The highest BCUT2D eigenvalue weighted by Crippen LogP contribution is 2.23. The predicted octanol–water partition coefficient (Wildman–Crippen LogP) is 1.22. The van der Waals surface area contributed by atoms with Crippen molar-refractivity contribution in [3.8, 4) is 0 Å². The molecule has 4 nitrogen and oxygen atoms in total. The number of carbonyl (C=O) groups excluding carboxylic acids is 2. The number of carbonyl (C=O) groups is 2. The SMILES string of the molecule is CC1CC(C(=O)c2ccccn2)C(=O)O1. The number of hydrogen-bond acceptors (Lipinski definition) is 4. The van der Waals surface area contributed by atoms with E-state index in [2.05, 4.69) is 4.98 Å². The van der Waals surface area contributed by atoms with Crippen molar-refractivity contribution >= 4 is 11.8 Å². The number of ether oxygens (including phenoxy) is 1. The molecule has 1 aromatic heterocycles. The van der Waals surface area contributed by atoms with Gasteiger partial charge in [-0.15, -0.1) is 0 Å². The average molecular weight is 205 g/mol. The van der Waals surface area contributed by atoms with Gasteiger partial charge in [0.1, 0.15) is 17.7 Å². The van der Waals surface area contributed by atoms with Crippen LogP contribution in [0, 0.1) is 5.92 Å². The van der Waals surface area contributed by atoms with Crippen LogP contribution in [0.15, 0.2) is 24.4 Å². The Balaban J connectivity index is 2.19. The Labute approximate surface area is 87.3 Å². The fourth-order valence-electron chi connectivity index (χ4n) is 1.66. The molecule has 2 unspecified atom stereocenters. The second-order valence-corrected chi connectivity index (χ2v) is 3.62. The standard InChI is InChI=1S/C11H11NO3/c1-7-6-8(11(14)15-7)10(13)9-4-2-3-5-12-9/h2-5,7-8H,6H2,1H3. The summed E-state index contributed by atoms with van der Waals surface area (Å²) in [4.78, 5) is 27.1. The second kappa shape index (κ2) is 3.81. The quantitative estimate of drug-likeness (QED) is 0.414. The molecule has 0 radical (unpaired) electrons. The number of cyclic esters (lactones) is 1. The maximum atomic E-state index is 11.8. The number of aromatic nitrogens is 1. The van der Waals surface area contributed by atoms with E-state index in [1.807, 2.05) is 0 Å². The molecule has 1 aliphatic heterocycles. The molecule has 1 aliphatic rings. The van der Waals surface area contributed by atoms with Crippen LogP contribution in [0.3, 0.4) is 0 Å². The van der Waals surface area contributed by atoms with Crippen molar-refractivity contribution < 1.29 is 14.3 Å². The third-order valence-electron chi connectivity index (χ3n) is 2.40. The minimum atomic E-state index is -0.671. The van der Waals surface area contributed by atoms with Crippen molar-refractivity contribution in [3.63, 3.8) is 0 Å². The lowest BCUT2D eigenvalue weighted by Crippen LogP contribution is -2.20. The Morgan fingerprint density at radius 1 is 1.53 bits per heavy atom. The van der Waals surface area contributed by atoms with E-state index in [1.165, 1.54) is 6.20 Å². The molecule has 2 atom stereocenters. The molecule has 1 fully saturated rings. The van der Waals surface area contributed by atoms with Gasteiger partial charge in [-0.3, -0.25) is 14.6 Å². The third kappa shape index (κ3) is 1.88. The summed E-state index contributed by atoms with van der Waals surface area (Å²) in [5.74, 6) is -1.35. The van der Waals surface area contributed by atoms with E-state index in [0.717, 1.165) is 0 Å². The summed E-state index contributed by atoms with van der Waals surface area (Å²) in [6, 6.07) is 5.06. The lowest BCUT2D eigenvalue weighted by atomic mass is 9.98. The van der Waals surface area contributed by atoms with Crippen molar-refractivity contribution in [3.05, 3.63) is 30.1 Å². The van der Waals surface area contributed by atoms with E-state index in [9.17, 15) is 9.59 Å². The maximum Gasteiger partial charge on any atom is 0.317 e. The minimum absolute atomic E-state index is 0.171. The Morgan fingerprint density at radius 2 is 2.33 bits per heavy atom. The zero-order valence-electron chi connectivity index (χ0n) is 8.34. The van der Waals surface area contributed by atoms with Crippen molar-refractivity contribution in [1.29, 1.82) is 0 Å². The smallest absolute Gasteiger partial charge is 0.317 e. The number of rotatable bonds is 2. The lowest BCUT2D eigenvalue weighted by molar-refractivity contribution is -0.142. The molecule has 0 aromatic carbocycles. The van der Waals surface area contributed by atoms with Crippen LogP contribution in [-0.4, -0.2) is 22.8 Å². The first-order valence-corrected chi connectivity index (χ1v) is 4.84. The average Bonchev–Trinajstić information content (AvgIpc) is 2.58. The molecule has 78 valence electrons. The summed E-state index contributed by atoms with van der Waals surface area (Å²) < 4.78 is 4.93. The molecule has 1 aromatic rings. The molecule has 2 heterocycles. The zero-order valence-corrected chi connectivity index (χ0v) is 8.34. The van der Waals surface area contributed by atoms with Crippen LogP contribution >= 0.6 is 0 Å². The molecule has 4 heteroatoms. The maximum absolute atomic E-state index is 11.8. The van der Waals surface area contributed by atoms with Gasteiger partial charge in [0.25, 0.3) is 0 Å². The van der Waals surface area contributed by atoms with Gasteiger partial charge in [0, 0.05) is 12.6 Å². The Bertz CT molecular complexity index is 388. The van der Waals surface area contributed by atoms with Crippen LogP contribution in [0.1, 0.15) is 23.8 Å². The molecule has 0 aliphatic carbocycles. The summed E-state index contributed by atoms with van der Waals surface area (Å²) in [5.41, 5.74) is 0.327. The fourth-order valence-corrected chi connectivity index (χ4v) is 1.66. The van der Waals surface area contributed by atoms with Gasteiger partial charge in [0.2, 0.25) is 0 Å². The Hall–Kier alpha value is -1.71. The minimum Gasteiger partial charge on any atom is -0.462 e. The number of esters is 1. The van der Waals surface area contributed by atoms with Gasteiger partial charge in [-0.25, -0.2) is 0 Å². The van der Waals surface area contributed by atoms with E-state index >= 15 is 0 Å². The zero-order chi connectivity index (χ0) is 10.8. The molecule has 0 bridgehead atoms. The van der Waals surface area contributed by atoms with Crippen LogP contribution in [0.5, 0.6) is 0 Å². The monoisotopic (exact) mass is 205 g/mol. The lowest BCUT2D eigenvalue weighted by Gasteiger charge is -2.02. The topological polar surface area (TPSA) is 56.3 Å². The summed E-state index contributed by atoms with van der Waals surface area (Å²) >= 11 is 0. The van der Waals surface area contributed by atoms with E-state index in [1.54, 1.807) is 25.1 Å². The highest BCUT2D eigenvalue weighted by molar-refractivity contribution is 6.08. The number of hydrogen-bond donors (Lipinski definition) is 0. The summed E-state index contributed by atoms with van der Waals surface area (Å²) in [6.07, 6.45) is 1.82. The van der Waals surface area contributed by atoms with Gasteiger partial charge >= 0.3 is 5.97 Å². The van der Waals surface area contributed by atoms with E-state index in [0.29, 0.717) is 12.1 Å². The van der Waals surface area contributed by atoms with Crippen molar-refractivity contribution in [1.82, 2.24) is 4.98 Å². The Kier molecular flexibility index (Phi) is 2.49. The molecule has 15 heavy (non-hydrogen) atoms. The van der Waals surface area contributed by atoms with Gasteiger partial charge in [-0.2, -0.15) is 0 Å². The molecule has 0 spiro atoms. The van der Waals surface area contributed by atoms with E-state index in [-0.39, 0.29) is 11.9 Å². The van der Waals surface area contributed by atoms with E-state index < -0.39 is 11.9 Å². The number of ketones is 1. The normalized spacial score (nSPS) is 25.0. The van der Waals surface area contributed by atoms with Gasteiger partial charge in [-0.05, 0) is 19.1 Å². The highest BCUT2D eigenvalue weighted by Gasteiger charge is 2.38. The van der Waals surface area contributed by atoms with Gasteiger partial charge in [-0.1, -0.05) is 6.07 Å². The molecule has 2 rings (SSSR count). The van der Waals surface area contributed by atoms with Gasteiger partial charge in [0.05, 0.1) is 0 Å². The summed E-state index contributed by atoms with van der Waals surface area (Å²) in [6.45, 7) is 1.78. The van der Waals surface area contributed by atoms with Crippen molar-refractivity contribution in [2.75, 3.05) is 0 Å². The van der Waals surface area contributed by atoms with Crippen LogP contribution in [0.2, 0.25) is 0 Å². The first-order valence-electron chi connectivity index (χ1n) is 4.84. The van der Waals surface area contributed by atoms with Crippen LogP contribution in [0.4, 0.5) is 0 Å². The van der Waals surface area contributed by atoms with Crippen molar-refractivity contribution in [2.24, 2.45) is 5.92 Å². The van der Waals surface area contributed by atoms with Crippen LogP contribution in [-0.2, 0) is 9.53 Å². The van der Waals surface area contributed by atoms with Gasteiger partial charge in [0.15, 0.2) is 5.78 Å². The largest absolute Gasteiger partial charge is 0.462 e. The predicted molar refractivity (Wildman–Crippen MR) is 52.2 cm³/mol. The molecule has 0 amide bonds. The number of nitrogens with zero attached hydrogens (tertiary/aromatic N) is 1. The highest BCUT2D eigenvalue weighted by atomic mass is 16.5. The van der Waals surface area contributed by atoms with Crippen molar-refractivity contribution in [2.45, 2.75) is 19.4 Å². The first-order chi connectivity index (χ1) is 7.18. The third-order valence-corrected chi connectivity index (χ3v) is 2.40. The fraction of sp³-hybridized carbons (Fsp3) is 0.364. The van der Waals surface area contributed by atoms with Gasteiger partial charge < -0.3 is 4.74 Å². The summed E-state index contributed by atoms with van der Waals surface area (Å²) in [5, 5.41) is 0. The molecule has 1 saturated heterocycles. The van der Waals surface area contributed by atoms with Crippen LogP contribution in [0.25, 0.3) is 0 Å². The first kappa shape index (κ1) is 9.83. The van der Waals surface area contributed by atoms with E-state index in [4.69, 9.17) is 4.74 Å². The molecule has 0 saturated carbocycles. The number of Topliss-reactive ketones (excluding diaryl/α,β-unsaturated/α-hetero) is 1. The number of pyridine rings is 1. The molecule has 0 N–H and O–H groups in total.